The summed E-state index contributed by atoms with van der Waals surface area (Å²) in [6, 6.07) is 4.25. The molecule has 0 fully saturated rings. The Balaban J connectivity index is 3.23. The van der Waals surface area contributed by atoms with Gasteiger partial charge in [-0.2, -0.15) is 0 Å². The molecule has 17 heavy (non-hydrogen) atoms. The number of nitro groups is 1. The van der Waals surface area contributed by atoms with Crippen LogP contribution in [0.4, 0.5) is 5.69 Å². The van der Waals surface area contributed by atoms with Crippen LogP contribution in [0.25, 0.3) is 0 Å². The van der Waals surface area contributed by atoms with Gasteiger partial charge in [-0.1, -0.05) is 6.07 Å². The number of ether oxygens (including phenoxy) is 1. The Bertz CT molecular complexity index is 430. The number of esters is 1. The number of aliphatic hydroxyl groups is 1. The molecule has 0 atom stereocenters. The molecule has 0 saturated carbocycles. The van der Waals surface area contributed by atoms with Crippen LogP contribution in [0.3, 0.4) is 0 Å². The third-order valence-electron chi connectivity index (χ3n) is 2.34. The zero-order chi connectivity index (χ0) is 12.8. The number of nitro benzene ring substituents is 1. The van der Waals surface area contributed by atoms with E-state index in [1.165, 1.54) is 25.3 Å². The van der Waals surface area contributed by atoms with Crippen molar-refractivity contribution in [2.24, 2.45) is 0 Å². The predicted octanol–water partition coefficient (Wildman–Crippen LogP) is 1.31. The number of methoxy groups -OCH3 is 1. The summed E-state index contributed by atoms with van der Waals surface area (Å²) in [5.41, 5.74) is 0.356. The molecule has 0 aliphatic heterocycles. The summed E-state index contributed by atoms with van der Waals surface area (Å²) in [5, 5.41) is 19.6. The van der Waals surface area contributed by atoms with Crippen molar-refractivity contribution in [3.05, 3.63) is 39.4 Å². The lowest BCUT2D eigenvalue weighted by Crippen LogP contribution is -2.08. The molecule has 1 rings (SSSR count). The molecule has 0 bridgehead atoms. The Kier molecular flexibility index (Phi) is 4.59. The minimum absolute atomic E-state index is 0.0906. The highest BCUT2D eigenvalue weighted by molar-refractivity contribution is 5.92. The summed E-state index contributed by atoms with van der Waals surface area (Å²) < 4.78 is 4.57. The highest BCUT2D eigenvalue weighted by Gasteiger charge is 2.21. The molecule has 1 aromatic rings. The van der Waals surface area contributed by atoms with E-state index >= 15 is 0 Å². The van der Waals surface area contributed by atoms with Crippen molar-refractivity contribution in [3.63, 3.8) is 0 Å². The fourth-order valence-electron chi connectivity index (χ4n) is 1.57. The molecule has 0 amide bonds. The fraction of sp³-hybridized carbons (Fsp3) is 0.364. The molecule has 6 heteroatoms. The highest BCUT2D eigenvalue weighted by Crippen LogP contribution is 2.24. The second-order valence-corrected chi connectivity index (χ2v) is 3.38. The average Bonchev–Trinajstić information content (AvgIpc) is 2.34. The summed E-state index contributed by atoms with van der Waals surface area (Å²) >= 11 is 0. The summed E-state index contributed by atoms with van der Waals surface area (Å²) in [6.45, 7) is -0.0906. The van der Waals surface area contributed by atoms with E-state index in [0.717, 1.165) is 0 Å². The number of benzene rings is 1. The van der Waals surface area contributed by atoms with Gasteiger partial charge in [0.15, 0.2) is 0 Å². The molecule has 0 aromatic heterocycles. The molecule has 0 unspecified atom stereocenters. The Hall–Kier alpha value is -1.95. The maximum absolute atomic E-state index is 11.5. The Morgan fingerprint density at radius 3 is 2.76 bits per heavy atom. The average molecular weight is 239 g/mol. The van der Waals surface area contributed by atoms with Gasteiger partial charge in [0.05, 0.1) is 17.6 Å². The SMILES string of the molecule is COC(=O)c1cccc([N+](=O)[O-])c1CCCO. The molecular formula is C11H13NO5. The monoisotopic (exact) mass is 239 g/mol. The van der Waals surface area contributed by atoms with Crippen molar-refractivity contribution in [3.8, 4) is 0 Å². The lowest BCUT2D eigenvalue weighted by atomic mass is 10.0. The van der Waals surface area contributed by atoms with Crippen LogP contribution in [-0.4, -0.2) is 29.7 Å². The quantitative estimate of drug-likeness (QED) is 0.475. The van der Waals surface area contributed by atoms with E-state index in [-0.39, 0.29) is 24.3 Å². The molecule has 1 N–H and O–H groups in total. The van der Waals surface area contributed by atoms with Gasteiger partial charge in [0.2, 0.25) is 0 Å². The van der Waals surface area contributed by atoms with Gasteiger partial charge in [0, 0.05) is 18.2 Å². The fourth-order valence-corrected chi connectivity index (χ4v) is 1.57. The van der Waals surface area contributed by atoms with Gasteiger partial charge >= 0.3 is 5.97 Å². The van der Waals surface area contributed by atoms with Gasteiger partial charge in [-0.3, -0.25) is 10.1 Å². The smallest absolute Gasteiger partial charge is 0.338 e. The number of aliphatic hydroxyl groups excluding tert-OH is 1. The molecule has 1 aromatic carbocycles. The van der Waals surface area contributed by atoms with Crippen LogP contribution >= 0.6 is 0 Å². The van der Waals surface area contributed by atoms with E-state index in [1.807, 2.05) is 0 Å². The van der Waals surface area contributed by atoms with E-state index in [9.17, 15) is 14.9 Å². The van der Waals surface area contributed by atoms with E-state index in [2.05, 4.69) is 4.74 Å². The zero-order valence-corrected chi connectivity index (χ0v) is 9.38. The molecule has 0 aliphatic carbocycles. The van der Waals surface area contributed by atoms with Gasteiger partial charge in [-0.05, 0) is 18.9 Å². The molecule has 0 spiro atoms. The van der Waals surface area contributed by atoms with Gasteiger partial charge in [0.25, 0.3) is 5.69 Å². The molecule has 0 aliphatic rings. The predicted molar refractivity (Wildman–Crippen MR) is 59.8 cm³/mol. The summed E-state index contributed by atoms with van der Waals surface area (Å²) in [4.78, 5) is 21.8. The van der Waals surface area contributed by atoms with Crippen LogP contribution in [-0.2, 0) is 11.2 Å². The molecule has 0 heterocycles. The van der Waals surface area contributed by atoms with Crippen molar-refractivity contribution in [2.45, 2.75) is 12.8 Å². The molecule has 92 valence electrons. The lowest BCUT2D eigenvalue weighted by Gasteiger charge is -2.07. The van der Waals surface area contributed by atoms with Gasteiger partial charge < -0.3 is 9.84 Å². The maximum Gasteiger partial charge on any atom is 0.338 e. The first-order valence-corrected chi connectivity index (χ1v) is 5.07. The van der Waals surface area contributed by atoms with E-state index in [4.69, 9.17) is 5.11 Å². The van der Waals surface area contributed by atoms with E-state index in [0.29, 0.717) is 12.0 Å². The second-order valence-electron chi connectivity index (χ2n) is 3.38. The topological polar surface area (TPSA) is 89.7 Å². The van der Waals surface area contributed by atoms with Crippen molar-refractivity contribution >= 4 is 11.7 Å². The van der Waals surface area contributed by atoms with E-state index < -0.39 is 10.9 Å². The third-order valence-corrected chi connectivity index (χ3v) is 2.34. The summed E-state index contributed by atoms with van der Waals surface area (Å²) in [7, 11) is 1.22. The number of rotatable bonds is 5. The molecular weight excluding hydrogens is 226 g/mol. The van der Waals surface area contributed by atoms with Crippen LogP contribution in [0.15, 0.2) is 18.2 Å². The summed E-state index contributed by atoms with van der Waals surface area (Å²) in [5.74, 6) is -0.610. The third kappa shape index (κ3) is 3.01. The summed E-state index contributed by atoms with van der Waals surface area (Å²) in [6.07, 6.45) is 0.618. The first-order chi connectivity index (χ1) is 8.11. The van der Waals surface area contributed by atoms with Crippen molar-refractivity contribution in [2.75, 3.05) is 13.7 Å². The number of carbonyl (C=O) groups excluding carboxylic acids is 1. The zero-order valence-electron chi connectivity index (χ0n) is 9.38. The normalized spacial score (nSPS) is 10.0. The van der Waals surface area contributed by atoms with Crippen molar-refractivity contribution in [1.82, 2.24) is 0 Å². The minimum atomic E-state index is -0.610. The molecule has 6 nitrogen and oxygen atoms in total. The highest BCUT2D eigenvalue weighted by atomic mass is 16.6. The van der Waals surface area contributed by atoms with E-state index in [1.54, 1.807) is 0 Å². The van der Waals surface area contributed by atoms with Gasteiger partial charge in [-0.15, -0.1) is 0 Å². The van der Waals surface area contributed by atoms with Crippen LogP contribution in [0, 0.1) is 10.1 Å². The first kappa shape index (κ1) is 13.1. The number of carbonyl (C=O) groups is 1. The van der Waals surface area contributed by atoms with Crippen LogP contribution in [0.1, 0.15) is 22.3 Å². The second kappa shape index (κ2) is 5.95. The minimum Gasteiger partial charge on any atom is -0.465 e. The maximum atomic E-state index is 11.5. The lowest BCUT2D eigenvalue weighted by molar-refractivity contribution is -0.385. The van der Waals surface area contributed by atoms with Gasteiger partial charge in [-0.25, -0.2) is 4.79 Å². The first-order valence-electron chi connectivity index (χ1n) is 5.07. The number of hydrogen-bond donors (Lipinski definition) is 1. The Morgan fingerprint density at radius 1 is 1.53 bits per heavy atom. The standard InChI is InChI=1S/C11H13NO5/c1-17-11(14)9-4-2-6-10(12(15)16)8(9)5-3-7-13/h2,4,6,13H,3,5,7H2,1H3. The Morgan fingerprint density at radius 2 is 2.24 bits per heavy atom. The van der Waals surface area contributed by atoms with Crippen LogP contribution < -0.4 is 0 Å². The van der Waals surface area contributed by atoms with Gasteiger partial charge in [0.1, 0.15) is 0 Å². The Labute approximate surface area is 98.0 Å². The van der Waals surface area contributed by atoms with Crippen molar-refractivity contribution in [1.29, 1.82) is 0 Å². The number of nitrogens with zero attached hydrogens (tertiary/aromatic N) is 1. The van der Waals surface area contributed by atoms with Crippen LogP contribution in [0.5, 0.6) is 0 Å². The number of hydrogen-bond acceptors (Lipinski definition) is 5. The van der Waals surface area contributed by atoms with Crippen molar-refractivity contribution < 1.29 is 19.6 Å². The largest absolute Gasteiger partial charge is 0.465 e. The van der Waals surface area contributed by atoms with Crippen LogP contribution in [0.2, 0.25) is 0 Å². The molecule has 0 radical (unpaired) electrons. The molecule has 0 saturated heterocycles.